The zero-order valence-electron chi connectivity index (χ0n) is 24.1. The van der Waals surface area contributed by atoms with Crippen molar-refractivity contribution in [3.63, 3.8) is 0 Å². The molecule has 0 aromatic heterocycles. The summed E-state index contributed by atoms with van der Waals surface area (Å²) in [5, 5.41) is 17.1. The maximum Gasteiger partial charge on any atom is 0.253 e. The first kappa shape index (κ1) is 34.8. The number of hydrogen-bond donors (Lipinski definition) is 5. The summed E-state index contributed by atoms with van der Waals surface area (Å²) in [4.78, 5) is 35.2. The van der Waals surface area contributed by atoms with Gasteiger partial charge in [0.15, 0.2) is 8.38 Å². The SMILES string of the molecule is CC.CC.CN1C=C(CN(C)C(=O)c2ccc(CCNCC(O)C3=CC=C(Cl)NC3)cc2)C=C(CP(O)O)C1. The molecule has 0 fully saturated rings. The van der Waals surface area contributed by atoms with Gasteiger partial charge in [-0.05, 0) is 53.5 Å². The fourth-order valence-corrected chi connectivity index (χ4v) is 4.74. The van der Waals surface area contributed by atoms with E-state index in [0.29, 0.717) is 43.4 Å². The van der Waals surface area contributed by atoms with Crippen LogP contribution in [0.1, 0.15) is 43.6 Å². The summed E-state index contributed by atoms with van der Waals surface area (Å²) in [5.74, 6) is -0.0723. The van der Waals surface area contributed by atoms with Crippen LogP contribution in [0.4, 0.5) is 0 Å². The number of rotatable bonds is 11. The van der Waals surface area contributed by atoms with Crippen LogP contribution in [0.3, 0.4) is 0 Å². The molecular formula is C29H46ClN4O4P. The largest absolute Gasteiger partial charge is 0.387 e. The number of amides is 1. The zero-order chi connectivity index (χ0) is 29.4. The highest BCUT2D eigenvalue weighted by Gasteiger charge is 2.17. The Hall–Kier alpha value is -2.19. The Balaban J connectivity index is 0.00000181. The summed E-state index contributed by atoms with van der Waals surface area (Å²) >= 11 is 5.86. The fourth-order valence-electron chi connectivity index (χ4n) is 4.05. The Morgan fingerprint density at radius 2 is 1.85 bits per heavy atom. The molecule has 0 saturated heterocycles. The summed E-state index contributed by atoms with van der Waals surface area (Å²) in [6.45, 7) is 10.8. The molecule has 1 atom stereocenters. The van der Waals surface area contributed by atoms with E-state index in [1.807, 2.05) is 82.3 Å². The molecule has 39 heavy (non-hydrogen) atoms. The van der Waals surface area contributed by atoms with Crippen molar-refractivity contribution in [2.45, 2.75) is 40.2 Å². The lowest BCUT2D eigenvalue weighted by Crippen LogP contribution is -2.33. The van der Waals surface area contributed by atoms with Gasteiger partial charge < -0.3 is 35.3 Å². The summed E-state index contributed by atoms with van der Waals surface area (Å²) in [5.41, 5.74) is 4.51. The Kier molecular flexibility index (Phi) is 17.0. The van der Waals surface area contributed by atoms with Gasteiger partial charge in [0.1, 0.15) is 5.16 Å². The minimum Gasteiger partial charge on any atom is -0.387 e. The molecule has 10 heteroatoms. The molecule has 1 aromatic carbocycles. The van der Waals surface area contributed by atoms with Crippen molar-refractivity contribution in [2.75, 3.05) is 53.0 Å². The minimum absolute atomic E-state index is 0.0723. The predicted molar refractivity (Wildman–Crippen MR) is 164 cm³/mol. The molecule has 0 aliphatic carbocycles. The summed E-state index contributed by atoms with van der Waals surface area (Å²) in [7, 11) is 1.71. The molecule has 5 N–H and O–H groups in total. The predicted octanol–water partition coefficient (Wildman–Crippen LogP) is 3.97. The van der Waals surface area contributed by atoms with Crippen LogP contribution >= 0.6 is 20.0 Å². The highest BCUT2D eigenvalue weighted by molar-refractivity contribution is 7.45. The number of likely N-dealkylation sites (N-methyl/N-ethyl adjacent to an activating group) is 2. The molecule has 218 valence electrons. The van der Waals surface area contributed by atoms with Gasteiger partial charge in [0.2, 0.25) is 0 Å². The average Bonchev–Trinajstić information content (AvgIpc) is 2.93. The molecule has 2 aliphatic rings. The van der Waals surface area contributed by atoms with Gasteiger partial charge in [0.25, 0.3) is 5.91 Å². The second-order valence-corrected chi connectivity index (χ2v) is 10.4. The van der Waals surface area contributed by atoms with Crippen LogP contribution in [-0.2, 0) is 6.42 Å². The van der Waals surface area contributed by atoms with Crippen LogP contribution in [-0.4, -0.2) is 89.7 Å². The molecule has 2 aliphatic heterocycles. The molecule has 1 unspecified atom stereocenters. The number of benzene rings is 1. The normalized spacial score (nSPS) is 15.3. The van der Waals surface area contributed by atoms with Crippen molar-refractivity contribution in [3.8, 4) is 0 Å². The van der Waals surface area contributed by atoms with Gasteiger partial charge in [-0.25, -0.2) is 0 Å². The number of allylic oxidation sites excluding steroid dienone is 2. The Morgan fingerprint density at radius 3 is 2.44 bits per heavy atom. The Bertz CT molecular complexity index is 1010. The van der Waals surface area contributed by atoms with Crippen LogP contribution in [0.15, 0.2) is 70.6 Å². The van der Waals surface area contributed by atoms with E-state index in [0.717, 1.165) is 28.7 Å². The standard InChI is InChI=1S/C25H34ClN4O4P.2C2H6/c1-29-14-19(11-20(15-29)17-35(33)34)16-30(2)25(32)21-5-3-18(4-6-21)9-10-27-13-23(31)22-7-8-24(26)28-12-22;2*1-2/h3-8,11,14,23,27-28,31,33-34H,9-10,12-13,15-17H2,1-2H3;2*1-2H3. The van der Waals surface area contributed by atoms with E-state index in [1.54, 1.807) is 18.0 Å². The number of aliphatic hydroxyl groups excluding tert-OH is 1. The first-order valence-electron chi connectivity index (χ1n) is 13.5. The van der Waals surface area contributed by atoms with E-state index >= 15 is 0 Å². The second kappa shape index (κ2) is 19.0. The van der Waals surface area contributed by atoms with Gasteiger partial charge in [-0.15, -0.1) is 0 Å². The van der Waals surface area contributed by atoms with E-state index < -0.39 is 14.5 Å². The third kappa shape index (κ3) is 12.7. The summed E-state index contributed by atoms with van der Waals surface area (Å²) < 4.78 is 0. The van der Waals surface area contributed by atoms with Crippen molar-refractivity contribution < 1.29 is 19.7 Å². The molecule has 3 rings (SSSR count). The van der Waals surface area contributed by atoms with Gasteiger partial charge >= 0.3 is 0 Å². The van der Waals surface area contributed by atoms with Gasteiger partial charge in [0.05, 0.1) is 6.10 Å². The molecule has 1 aromatic rings. The number of halogens is 1. The molecule has 0 saturated carbocycles. The number of carbonyl (C=O) groups excluding carboxylic acids is 1. The minimum atomic E-state index is -1.98. The molecule has 1 amide bonds. The first-order valence-corrected chi connectivity index (χ1v) is 15.3. The lowest BCUT2D eigenvalue weighted by Gasteiger charge is -2.26. The van der Waals surface area contributed by atoms with Crippen LogP contribution in [0.2, 0.25) is 0 Å². The highest BCUT2D eigenvalue weighted by Crippen LogP contribution is 2.28. The number of nitrogens with one attached hydrogen (secondary N) is 2. The Morgan fingerprint density at radius 1 is 1.18 bits per heavy atom. The average molecular weight is 581 g/mol. The number of hydrogen-bond acceptors (Lipinski definition) is 7. The lowest BCUT2D eigenvalue weighted by atomic mass is 10.1. The lowest BCUT2D eigenvalue weighted by molar-refractivity contribution is 0.0807. The number of carbonyl (C=O) groups is 1. The molecule has 0 spiro atoms. The van der Waals surface area contributed by atoms with E-state index in [2.05, 4.69) is 10.6 Å². The summed E-state index contributed by atoms with van der Waals surface area (Å²) in [6.07, 6.45) is 7.98. The Labute approximate surface area is 240 Å². The van der Waals surface area contributed by atoms with Gasteiger partial charge in [0, 0.05) is 58.2 Å². The van der Waals surface area contributed by atoms with E-state index in [9.17, 15) is 19.7 Å². The molecule has 0 radical (unpaired) electrons. The monoisotopic (exact) mass is 580 g/mol. The smallest absolute Gasteiger partial charge is 0.253 e. The zero-order valence-corrected chi connectivity index (χ0v) is 25.8. The van der Waals surface area contributed by atoms with Gasteiger partial charge in [-0.1, -0.05) is 63.6 Å². The number of dihydropyridines is 1. The maximum atomic E-state index is 12.9. The van der Waals surface area contributed by atoms with Gasteiger partial charge in [-0.2, -0.15) is 0 Å². The maximum absolute atomic E-state index is 12.9. The second-order valence-electron chi connectivity index (χ2n) is 8.89. The molecular weight excluding hydrogens is 535 g/mol. The van der Waals surface area contributed by atoms with Crippen LogP contribution in [0.5, 0.6) is 0 Å². The molecule has 0 bridgehead atoms. The molecule has 2 heterocycles. The topological polar surface area (TPSA) is 108 Å². The van der Waals surface area contributed by atoms with Crippen molar-refractivity contribution in [1.82, 2.24) is 20.4 Å². The van der Waals surface area contributed by atoms with Crippen molar-refractivity contribution in [2.24, 2.45) is 0 Å². The van der Waals surface area contributed by atoms with Crippen molar-refractivity contribution in [1.29, 1.82) is 0 Å². The van der Waals surface area contributed by atoms with E-state index in [4.69, 9.17) is 11.6 Å². The quantitative estimate of drug-likeness (QED) is 0.153. The van der Waals surface area contributed by atoms with Crippen LogP contribution in [0, 0.1) is 0 Å². The third-order valence-corrected chi connectivity index (χ3v) is 6.75. The fraction of sp³-hybridized carbons (Fsp3) is 0.483. The van der Waals surface area contributed by atoms with Crippen LogP contribution < -0.4 is 10.6 Å². The van der Waals surface area contributed by atoms with Crippen molar-refractivity contribution >= 4 is 25.9 Å². The number of aliphatic hydroxyl groups is 1. The summed E-state index contributed by atoms with van der Waals surface area (Å²) in [6, 6.07) is 7.59. The van der Waals surface area contributed by atoms with Gasteiger partial charge in [-0.3, -0.25) is 4.79 Å². The van der Waals surface area contributed by atoms with E-state index in [-0.39, 0.29) is 12.1 Å². The number of nitrogens with zero attached hydrogens (tertiary/aromatic N) is 2. The van der Waals surface area contributed by atoms with Crippen molar-refractivity contribution in [3.05, 3.63) is 81.7 Å². The van der Waals surface area contributed by atoms with Crippen LogP contribution in [0.25, 0.3) is 0 Å². The third-order valence-electron chi connectivity index (χ3n) is 5.80. The first-order chi connectivity index (χ1) is 18.7. The highest BCUT2D eigenvalue weighted by atomic mass is 35.5. The van der Waals surface area contributed by atoms with E-state index in [1.165, 1.54) is 0 Å². The molecule has 8 nitrogen and oxygen atoms in total.